The minimum Gasteiger partial charge on any atom is -0.462 e. The van der Waals surface area contributed by atoms with Crippen molar-refractivity contribution in [1.82, 2.24) is 0 Å². The lowest BCUT2D eigenvalue weighted by Gasteiger charge is -2.03. The number of halogens is 1. The molecule has 0 fully saturated rings. The van der Waals surface area contributed by atoms with E-state index in [0.717, 1.165) is 11.8 Å². The third kappa shape index (κ3) is 3.49. The smallest absolute Gasteiger partial charge is 0.336 e. The Labute approximate surface area is 136 Å². The van der Waals surface area contributed by atoms with Gasteiger partial charge in [-0.15, -0.1) is 0 Å². The molecular weight excluding hydrogens is 316 g/mol. The Kier molecular flexibility index (Phi) is 4.26. The minimum atomic E-state index is -0.524. The van der Waals surface area contributed by atoms with Gasteiger partial charge in [-0.25, -0.2) is 4.79 Å². The molecular formula is C18H11ClO4. The van der Waals surface area contributed by atoms with Crippen molar-refractivity contribution in [1.29, 1.82) is 0 Å². The normalized spacial score (nSPS) is 11.0. The lowest BCUT2D eigenvalue weighted by Crippen LogP contribution is -2.05. The van der Waals surface area contributed by atoms with Gasteiger partial charge in [0.05, 0.1) is 5.39 Å². The fourth-order valence-electron chi connectivity index (χ4n) is 2.03. The average Bonchev–Trinajstić information content (AvgIpc) is 2.57. The zero-order chi connectivity index (χ0) is 16.2. The second-order valence-electron chi connectivity index (χ2n) is 4.74. The molecule has 0 amide bonds. The number of rotatable bonds is 3. The highest BCUT2D eigenvalue weighted by molar-refractivity contribution is 6.30. The van der Waals surface area contributed by atoms with Crippen LogP contribution in [0.15, 0.2) is 70.1 Å². The molecule has 3 aromatic rings. The van der Waals surface area contributed by atoms with Crippen LogP contribution in [-0.2, 0) is 4.79 Å². The maximum absolute atomic E-state index is 11.8. The molecule has 114 valence electrons. The second kappa shape index (κ2) is 6.50. The van der Waals surface area contributed by atoms with E-state index in [1.807, 2.05) is 30.3 Å². The molecule has 0 N–H and O–H groups in total. The van der Waals surface area contributed by atoms with E-state index < -0.39 is 5.97 Å². The molecule has 0 atom stereocenters. The van der Waals surface area contributed by atoms with Crippen molar-refractivity contribution in [2.24, 2.45) is 0 Å². The summed E-state index contributed by atoms with van der Waals surface area (Å²) < 4.78 is 10.4. The van der Waals surface area contributed by atoms with Crippen LogP contribution in [0.4, 0.5) is 0 Å². The molecule has 0 aliphatic heterocycles. The van der Waals surface area contributed by atoms with Crippen molar-refractivity contribution in [2.75, 3.05) is 0 Å². The molecule has 0 bridgehead atoms. The van der Waals surface area contributed by atoms with Crippen LogP contribution in [0.25, 0.3) is 17.0 Å². The van der Waals surface area contributed by atoms with E-state index in [2.05, 4.69) is 0 Å². The maximum atomic E-state index is 11.8. The van der Waals surface area contributed by atoms with Crippen molar-refractivity contribution in [3.05, 3.63) is 81.7 Å². The number of fused-ring (bicyclic) bond motifs is 1. The van der Waals surface area contributed by atoms with Gasteiger partial charge < -0.3 is 9.15 Å². The Morgan fingerprint density at radius 1 is 1.13 bits per heavy atom. The summed E-state index contributed by atoms with van der Waals surface area (Å²) in [6, 6.07) is 13.9. The summed E-state index contributed by atoms with van der Waals surface area (Å²) >= 11 is 5.71. The van der Waals surface area contributed by atoms with Gasteiger partial charge in [0.25, 0.3) is 0 Å². The molecule has 0 radical (unpaired) electrons. The van der Waals surface area contributed by atoms with E-state index in [4.69, 9.17) is 20.8 Å². The second-order valence-corrected chi connectivity index (χ2v) is 5.14. The van der Waals surface area contributed by atoms with Crippen LogP contribution >= 0.6 is 11.6 Å². The summed E-state index contributed by atoms with van der Waals surface area (Å²) in [5, 5.41) is 0.338. The van der Waals surface area contributed by atoms with Gasteiger partial charge >= 0.3 is 5.97 Å². The lowest BCUT2D eigenvalue weighted by molar-refractivity contribution is -0.128. The van der Waals surface area contributed by atoms with Gasteiger partial charge in [0, 0.05) is 12.1 Å². The molecule has 1 aromatic heterocycles. The van der Waals surface area contributed by atoms with Crippen LogP contribution in [-0.4, -0.2) is 5.97 Å². The van der Waals surface area contributed by atoms with Gasteiger partial charge in [0.1, 0.15) is 22.6 Å². The van der Waals surface area contributed by atoms with Gasteiger partial charge in [-0.1, -0.05) is 41.9 Å². The van der Waals surface area contributed by atoms with Gasteiger partial charge in [0.2, 0.25) is 5.43 Å². The Hall–Kier alpha value is -2.85. The minimum absolute atomic E-state index is 0.00744. The van der Waals surface area contributed by atoms with Crippen LogP contribution in [0.1, 0.15) is 5.56 Å². The Balaban J connectivity index is 1.79. The zero-order valence-corrected chi connectivity index (χ0v) is 12.6. The van der Waals surface area contributed by atoms with E-state index >= 15 is 0 Å². The molecule has 5 heteroatoms. The lowest BCUT2D eigenvalue weighted by atomic mass is 10.2. The topological polar surface area (TPSA) is 56.5 Å². The van der Waals surface area contributed by atoms with E-state index in [1.165, 1.54) is 24.3 Å². The number of esters is 1. The number of benzene rings is 2. The highest BCUT2D eigenvalue weighted by Crippen LogP contribution is 2.20. The van der Waals surface area contributed by atoms with Gasteiger partial charge in [-0.05, 0) is 23.8 Å². The van der Waals surface area contributed by atoms with Crippen molar-refractivity contribution in [3.8, 4) is 5.75 Å². The Bertz CT molecular complexity index is 942. The van der Waals surface area contributed by atoms with Crippen molar-refractivity contribution in [3.63, 3.8) is 0 Å². The van der Waals surface area contributed by atoms with E-state index in [1.54, 1.807) is 6.08 Å². The molecule has 3 rings (SSSR count). The van der Waals surface area contributed by atoms with E-state index in [-0.39, 0.29) is 16.2 Å². The summed E-state index contributed by atoms with van der Waals surface area (Å²) in [4.78, 5) is 23.6. The van der Waals surface area contributed by atoms with Crippen LogP contribution in [0.3, 0.4) is 0 Å². The molecule has 2 aromatic carbocycles. The number of hydrogen-bond acceptors (Lipinski definition) is 4. The van der Waals surface area contributed by atoms with Crippen molar-refractivity contribution in [2.45, 2.75) is 0 Å². The number of carbonyl (C=O) groups excluding carboxylic acids is 1. The molecule has 4 nitrogen and oxygen atoms in total. The summed E-state index contributed by atoms with van der Waals surface area (Å²) in [7, 11) is 0. The highest BCUT2D eigenvalue weighted by Gasteiger charge is 2.08. The molecule has 0 aliphatic rings. The van der Waals surface area contributed by atoms with Crippen molar-refractivity contribution >= 4 is 34.6 Å². The predicted octanol–water partition coefficient (Wildman–Crippen LogP) is 4.07. The van der Waals surface area contributed by atoms with Crippen molar-refractivity contribution < 1.29 is 13.9 Å². The molecule has 23 heavy (non-hydrogen) atoms. The third-order valence-corrected chi connectivity index (χ3v) is 3.39. The van der Waals surface area contributed by atoms with Crippen LogP contribution in [0, 0.1) is 0 Å². The number of carbonyl (C=O) groups is 1. The first-order chi connectivity index (χ1) is 11.1. The quantitative estimate of drug-likeness (QED) is 0.413. The molecule has 0 saturated carbocycles. The Morgan fingerprint density at radius 3 is 2.70 bits per heavy atom. The molecule has 1 heterocycles. The summed E-state index contributed by atoms with van der Waals surface area (Å²) in [6.45, 7) is 0. The molecule has 0 unspecified atom stereocenters. The predicted molar refractivity (Wildman–Crippen MR) is 88.6 cm³/mol. The first kappa shape index (κ1) is 15.1. The van der Waals surface area contributed by atoms with Crippen LogP contribution in [0.5, 0.6) is 5.75 Å². The number of ether oxygens (including phenoxy) is 1. The largest absolute Gasteiger partial charge is 0.462 e. The third-order valence-electron chi connectivity index (χ3n) is 3.13. The maximum Gasteiger partial charge on any atom is 0.336 e. The fourth-order valence-corrected chi connectivity index (χ4v) is 2.17. The number of hydrogen-bond donors (Lipinski definition) is 0. The monoisotopic (exact) mass is 326 g/mol. The van der Waals surface area contributed by atoms with E-state index in [0.29, 0.717) is 11.0 Å². The average molecular weight is 327 g/mol. The van der Waals surface area contributed by atoms with Crippen LogP contribution in [0.2, 0.25) is 5.02 Å². The SMILES string of the molecule is O=C(/C=C/c1ccccc1)Oc1ccc2c(=O)c(Cl)coc2c1. The van der Waals surface area contributed by atoms with E-state index in [9.17, 15) is 9.59 Å². The Morgan fingerprint density at radius 2 is 1.91 bits per heavy atom. The van der Waals surface area contributed by atoms with Gasteiger partial charge in [0.15, 0.2) is 0 Å². The molecule has 0 saturated heterocycles. The summed E-state index contributed by atoms with van der Waals surface area (Å²) in [5.74, 6) is -0.241. The van der Waals surface area contributed by atoms with Gasteiger partial charge in [-0.2, -0.15) is 0 Å². The standard InChI is InChI=1S/C18H11ClO4/c19-15-11-22-16-10-13(7-8-14(16)18(15)21)23-17(20)9-6-12-4-2-1-3-5-12/h1-11H/b9-6+. The molecule has 0 aliphatic carbocycles. The molecule has 0 spiro atoms. The van der Waals surface area contributed by atoms with Crippen LogP contribution < -0.4 is 10.2 Å². The first-order valence-electron chi connectivity index (χ1n) is 6.79. The summed E-state index contributed by atoms with van der Waals surface area (Å²) in [6.07, 6.45) is 4.15. The zero-order valence-electron chi connectivity index (χ0n) is 11.9. The summed E-state index contributed by atoms with van der Waals surface area (Å²) in [5.41, 5.74) is 0.870. The first-order valence-corrected chi connectivity index (χ1v) is 7.17. The van der Waals surface area contributed by atoms with Gasteiger partial charge in [-0.3, -0.25) is 4.79 Å². The highest BCUT2D eigenvalue weighted by atomic mass is 35.5. The fraction of sp³-hybridized carbons (Fsp3) is 0.